The van der Waals surface area contributed by atoms with E-state index in [0.717, 1.165) is 12.0 Å². The molecule has 0 spiro atoms. The van der Waals surface area contributed by atoms with E-state index in [1.165, 1.54) is 0 Å². The summed E-state index contributed by atoms with van der Waals surface area (Å²) >= 11 is 0. The minimum absolute atomic E-state index is 0. The number of hydrogen-bond donors (Lipinski definition) is 1. The summed E-state index contributed by atoms with van der Waals surface area (Å²) in [4.78, 5) is 14.8. The molecule has 1 saturated heterocycles. The van der Waals surface area contributed by atoms with Gasteiger partial charge in [0.25, 0.3) is 5.91 Å². The van der Waals surface area contributed by atoms with Crippen LogP contribution in [-0.4, -0.2) is 44.7 Å². The van der Waals surface area contributed by atoms with Crippen molar-refractivity contribution < 1.29 is 19.0 Å². The Balaban J connectivity index is 0.00000300. The number of halogens is 1. The van der Waals surface area contributed by atoms with Gasteiger partial charge in [0.2, 0.25) is 5.75 Å². The molecule has 1 amide bonds. The Morgan fingerprint density at radius 1 is 1.14 bits per heavy atom. The molecule has 1 aliphatic rings. The van der Waals surface area contributed by atoms with Gasteiger partial charge in [-0.25, -0.2) is 0 Å². The molecule has 0 aromatic heterocycles. The van der Waals surface area contributed by atoms with E-state index in [1.807, 2.05) is 35.2 Å². The van der Waals surface area contributed by atoms with Gasteiger partial charge in [0.05, 0.1) is 14.2 Å². The number of rotatable bonds is 7. The third kappa shape index (κ3) is 5.14. The quantitative estimate of drug-likeness (QED) is 0.741. The number of ether oxygens (including phenoxy) is 3. The van der Waals surface area contributed by atoms with Crippen molar-refractivity contribution >= 4 is 18.3 Å². The van der Waals surface area contributed by atoms with Crippen LogP contribution in [0.5, 0.6) is 17.2 Å². The van der Waals surface area contributed by atoms with E-state index in [-0.39, 0.29) is 23.7 Å². The lowest BCUT2D eigenvalue weighted by Gasteiger charge is -2.23. The molecule has 7 heteroatoms. The Hall–Kier alpha value is -2.44. The number of carbonyl (C=O) groups is 1. The first kappa shape index (κ1) is 22.8. The summed E-state index contributed by atoms with van der Waals surface area (Å²) < 4.78 is 16.9. The van der Waals surface area contributed by atoms with E-state index in [9.17, 15) is 4.79 Å². The Morgan fingerprint density at radius 2 is 1.76 bits per heavy atom. The first-order valence-electron chi connectivity index (χ1n) is 9.42. The van der Waals surface area contributed by atoms with Crippen LogP contribution in [0.1, 0.15) is 29.3 Å². The van der Waals surface area contributed by atoms with Crippen molar-refractivity contribution in [3.05, 3.63) is 53.6 Å². The minimum Gasteiger partial charge on any atom is -0.493 e. The molecule has 2 aromatic rings. The van der Waals surface area contributed by atoms with Crippen LogP contribution >= 0.6 is 12.4 Å². The molecule has 2 N–H and O–H groups in total. The van der Waals surface area contributed by atoms with Crippen molar-refractivity contribution in [2.24, 2.45) is 11.1 Å². The zero-order valence-electron chi connectivity index (χ0n) is 17.1. The van der Waals surface area contributed by atoms with Crippen molar-refractivity contribution in [2.75, 3.05) is 33.9 Å². The Kier molecular flexibility index (Phi) is 7.76. The van der Waals surface area contributed by atoms with Crippen LogP contribution in [0.4, 0.5) is 0 Å². The normalized spacial score (nSPS) is 18.1. The van der Waals surface area contributed by atoms with Gasteiger partial charge in [0, 0.05) is 18.7 Å². The van der Waals surface area contributed by atoms with Gasteiger partial charge in [-0.15, -0.1) is 12.4 Å². The highest BCUT2D eigenvalue weighted by Crippen LogP contribution is 2.40. The van der Waals surface area contributed by atoms with Gasteiger partial charge in [-0.2, -0.15) is 0 Å². The maximum atomic E-state index is 13.0. The van der Waals surface area contributed by atoms with Crippen LogP contribution in [0.25, 0.3) is 0 Å². The molecule has 1 atom stereocenters. The highest BCUT2D eigenvalue weighted by molar-refractivity contribution is 5.96. The molecule has 3 rings (SSSR count). The Labute approximate surface area is 178 Å². The van der Waals surface area contributed by atoms with E-state index in [1.54, 1.807) is 26.4 Å². The number of amides is 1. The van der Waals surface area contributed by atoms with E-state index in [0.29, 0.717) is 49.1 Å². The van der Waals surface area contributed by atoms with Crippen molar-refractivity contribution in [1.82, 2.24) is 4.90 Å². The molecule has 1 aliphatic heterocycles. The predicted octanol–water partition coefficient (Wildman–Crippen LogP) is 3.52. The summed E-state index contributed by atoms with van der Waals surface area (Å²) in [7, 11) is 3.11. The minimum atomic E-state index is -0.0524. The third-order valence-electron chi connectivity index (χ3n) is 5.27. The number of likely N-dealkylation sites (tertiary alicyclic amines) is 1. The van der Waals surface area contributed by atoms with Gasteiger partial charge in [-0.3, -0.25) is 4.79 Å². The van der Waals surface area contributed by atoms with Crippen LogP contribution in [0.15, 0.2) is 42.5 Å². The van der Waals surface area contributed by atoms with Gasteiger partial charge < -0.3 is 24.8 Å². The highest BCUT2D eigenvalue weighted by Gasteiger charge is 2.35. The van der Waals surface area contributed by atoms with Gasteiger partial charge in [0.15, 0.2) is 11.5 Å². The topological polar surface area (TPSA) is 74.0 Å². The van der Waals surface area contributed by atoms with Crippen LogP contribution in [0, 0.1) is 5.41 Å². The lowest BCUT2D eigenvalue weighted by atomic mass is 9.90. The first-order valence-corrected chi connectivity index (χ1v) is 9.42. The number of nitrogens with two attached hydrogens (primary N) is 1. The Morgan fingerprint density at radius 3 is 2.28 bits per heavy atom. The summed E-state index contributed by atoms with van der Waals surface area (Å²) in [6, 6.07) is 13.3. The van der Waals surface area contributed by atoms with Crippen molar-refractivity contribution in [3.8, 4) is 17.2 Å². The number of carbonyl (C=O) groups excluding carboxylic acids is 1. The molecule has 2 aromatic carbocycles. The zero-order valence-corrected chi connectivity index (χ0v) is 18.0. The van der Waals surface area contributed by atoms with E-state index < -0.39 is 0 Å². The highest BCUT2D eigenvalue weighted by atomic mass is 35.5. The van der Waals surface area contributed by atoms with Crippen molar-refractivity contribution in [2.45, 2.75) is 20.0 Å². The van der Waals surface area contributed by atoms with E-state index in [4.69, 9.17) is 19.9 Å². The molecule has 1 fully saturated rings. The molecule has 6 nitrogen and oxygen atoms in total. The fourth-order valence-electron chi connectivity index (χ4n) is 3.42. The molecular formula is C22H29ClN2O4. The fraction of sp³-hybridized carbons (Fsp3) is 0.409. The van der Waals surface area contributed by atoms with Gasteiger partial charge in [-0.1, -0.05) is 37.3 Å². The largest absolute Gasteiger partial charge is 0.493 e. The van der Waals surface area contributed by atoms with Crippen molar-refractivity contribution in [1.29, 1.82) is 0 Å². The van der Waals surface area contributed by atoms with Crippen LogP contribution < -0.4 is 19.9 Å². The lowest BCUT2D eigenvalue weighted by molar-refractivity contribution is 0.0776. The molecule has 158 valence electrons. The fourth-order valence-corrected chi connectivity index (χ4v) is 3.42. The molecule has 0 bridgehead atoms. The van der Waals surface area contributed by atoms with Crippen LogP contribution in [0.2, 0.25) is 0 Å². The number of hydrogen-bond acceptors (Lipinski definition) is 5. The molecular weight excluding hydrogens is 392 g/mol. The maximum absolute atomic E-state index is 13.0. The zero-order chi connectivity index (χ0) is 20.1. The monoisotopic (exact) mass is 420 g/mol. The molecule has 0 aliphatic carbocycles. The summed E-state index contributed by atoms with van der Waals surface area (Å²) in [5.74, 6) is 1.38. The molecule has 1 unspecified atom stereocenters. The smallest absolute Gasteiger partial charge is 0.254 e. The van der Waals surface area contributed by atoms with Crippen LogP contribution in [-0.2, 0) is 6.61 Å². The van der Waals surface area contributed by atoms with E-state index in [2.05, 4.69) is 6.92 Å². The standard InChI is InChI=1S/C22H28N2O4.ClH/c1-22(14-23)9-10-24(15-22)21(25)17-11-18(26-2)20(19(12-17)27-3)28-13-16-7-5-4-6-8-16;/h4-8,11-12H,9-10,13-15,23H2,1-3H3;1H. The lowest BCUT2D eigenvalue weighted by Crippen LogP contribution is -2.34. The average molecular weight is 421 g/mol. The predicted molar refractivity (Wildman–Crippen MR) is 115 cm³/mol. The maximum Gasteiger partial charge on any atom is 0.254 e. The van der Waals surface area contributed by atoms with E-state index >= 15 is 0 Å². The Bertz CT molecular complexity index is 806. The second-order valence-electron chi connectivity index (χ2n) is 7.48. The van der Waals surface area contributed by atoms with Crippen molar-refractivity contribution in [3.63, 3.8) is 0 Å². The average Bonchev–Trinajstić information content (AvgIpc) is 3.14. The number of benzene rings is 2. The number of methoxy groups -OCH3 is 2. The first-order chi connectivity index (χ1) is 13.5. The summed E-state index contributed by atoms with van der Waals surface area (Å²) in [6.07, 6.45) is 0.905. The summed E-state index contributed by atoms with van der Waals surface area (Å²) in [5, 5.41) is 0. The molecule has 29 heavy (non-hydrogen) atoms. The number of nitrogens with zero attached hydrogens (tertiary/aromatic N) is 1. The summed E-state index contributed by atoms with van der Waals surface area (Å²) in [5.41, 5.74) is 7.39. The summed E-state index contributed by atoms with van der Waals surface area (Å²) in [6.45, 7) is 4.40. The third-order valence-corrected chi connectivity index (χ3v) is 5.27. The van der Waals surface area contributed by atoms with Crippen LogP contribution in [0.3, 0.4) is 0 Å². The molecule has 0 radical (unpaired) electrons. The molecule has 1 heterocycles. The molecule has 0 saturated carbocycles. The second-order valence-corrected chi connectivity index (χ2v) is 7.48. The SMILES string of the molecule is COc1cc(C(=O)N2CCC(C)(CN)C2)cc(OC)c1OCc1ccccc1.Cl. The second kappa shape index (κ2) is 9.85. The van der Waals surface area contributed by atoms with Gasteiger partial charge >= 0.3 is 0 Å². The van der Waals surface area contributed by atoms with Gasteiger partial charge in [0.1, 0.15) is 6.61 Å². The van der Waals surface area contributed by atoms with Gasteiger partial charge in [-0.05, 0) is 36.1 Å².